The van der Waals surface area contributed by atoms with Gasteiger partial charge in [-0.1, -0.05) is 6.92 Å². The van der Waals surface area contributed by atoms with Gasteiger partial charge in [-0.25, -0.2) is 0 Å². The molecule has 1 heterocycles. The maximum Gasteiger partial charge on any atom is 0.229 e. The summed E-state index contributed by atoms with van der Waals surface area (Å²) in [4.78, 5) is 24.4. The average Bonchev–Trinajstić information content (AvgIpc) is 2.11. The molecule has 82 valence electrons. The summed E-state index contributed by atoms with van der Waals surface area (Å²) in [5.74, 6) is -0.171. The number of hydrogen-bond donors (Lipinski definition) is 0. The van der Waals surface area contributed by atoms with E-state index < -0.39 is 5.41 Å². The van der Waals surface area contributed by atoms with Crippen LogP contribution in [0.15, 0.2) is 0 Å². The molecule has 1 aliphatic heterocycles. The topological polar surface area (TPSA) is 61.2 Å². The quantitative estimate of drug-likeness (QED) is 0.643. The number of amides is 2. The number of imide groups is 1. The molecule has 0 aromatic heterocycles. The average molecular weight is 208 g/mol. The number of carbonyl (C=O) groups is 2. The van der Waals surface area contributed by atoms with Crippen molar-refractivity contribution in [3.63, 3.8) is 0 Å². The van der Waals surface area contributed by atoms with E-state index in [0.29, 0.717) is 12.8 Å². The van der Waals surface area contributed by atoms with Crippen LogP contribution in [-0.2, 0) is 9.59 Å². The van der Waals surface area contributed by atoms with Gasteiger partial charge in [-0.3, -0.25) is 14.5 Å². The van der Waals surface area contributed by atoms with Crippen LogP contribution in [0.2, 0.25) is 0 Å². The Morgan fingerprint density at radius 3 is 2.27 bits per heavy atom. The second-order valence-electron chi connectivity index (χ2n) is 4.88. The third-order valence-electron chi connectivity index (χ3n) is 2.50. The van der Waals surface area contributed by atoms with Gasteiger partial charge < -0.3 is 0 Å². The van der Waals surface area contributed by atoms with Gasteiger partial charge in [0.15, 0.2) is 0 Å². The van der Waals surface area contributed by atoms with Crippen LogP contribution >= 0.6 is 0 Å². The van der Waals surface area contributed by atoms with Gasteiger partial charge in [0.2, 0.25) is 11.8 Å². The molecule has 0 spiro atoms. The van der Waals surface area contributed by atoms with Crippen molar-refractivity contribution in [1.29, 1.82) is 5.26 Å². The molecule has 0 radical (unpaired) electrons. The lowest BCUT2D eigenvalue weighted by Gasteiger charge is -2.31. The molecule has 15 heavy (non-hydrogen) atoms. The molecule has 1 fully saturated rings. The smallest absolute Gasteiger partial charge is 0.229 e. The number of carbonyl (C=O) groups excluding carboxylic acids is 2. The minimum Gasteiger partial charge on any atom is -0.281 e. The summed E-state index contributed by atoms with van der Waals surface area (Å²) in [6, 6.07) is 2.09. The predicted molar refractivity (Wildman–Crippen MR) is 54.5 cm³/mol. The number of likely N-dealkylation sites (tertiary alicyclic amines) is 1. The third-order valence-corrected chi connectivity index (χ3v) is 2.50. The minimum atomic E-state index is -0.661. The van der Waals surface area contributed by atoms with E-state index in [1.54, 1.807) is 13.8 Å². The fourth-order valence-corrected chi connectivity index (χ4v) is 1.63. The Morgan fingerprint density at radius 1 is 1.40 bits per heavy atom. The first-order valence-electron chi connectivity index (χ1n) is 5.10. The maximum atomic E-state index is 11.6. The highest BCUT2D eigenvalue weighted by Crippen LogP contribution is 2.23. The fraction of sp³-hybridized carbons (Fsp3) is 0.727. The molecule has 0 saturated carbocycles. The van der Waals surface area contributed by atoms with E-state index in [-0.39, 0.29) is 24.3 Å². The highest BCUT2D eigenvalue weighted by Gasteiger charge is 2.34. The number of nitriles is 1. The number of hydrogen-bond acceptors (Lipinski definition) is 3. The second-order valence-corrected chi connectivity index (χ2v) is 4.88. The van der Waals surface area contributed by atoms with Crippen LogP contribution in [0.3, 0.4) is 0 Å². The minimum absolute atomic E-state index is 0.131. The normalized spacial score (nSPS) is 19.2. The Hall–Kier alpha value is -1.37. The third kappa shape index (κ3) is 2.79. The molecular formula is C11H16N2O2. The molecule has 0 bridgehead atoms. The lowest BCUT2D eigenvalue weighted by atomic mass is 9.91. The Balaban J connectivity index is 2.74. The molecule has 1 rings (SSSR count). The van der Waals surface area contributed by atoms with Crippen molar-refractivity contribution in [2.75, 3.05) is 6.54 Å². The zero-order valence-electron chi connectivity index (χ0n) is 9.41. The first kappa shape index (κ1) is 11.7. The molecule has 2 amide bonds. The molecule has 0 unspecified atom stereocenters. The maximum absolute atomic E-state index is 11.6. The van der Waals surface area contributed by atoms with Crippen LogP contribution in [0, 0.1) is 22.7 Å². The van der Waals surface area contributed by atoms with Crippen molar-refractivity contribution in [3.05, 3.63) is 0 Å². The molecule has 4 heteroatoms. The van der Waals surface area contributed by atoms with Gasteiger partial charge in [0.05, 0.1) is 11.5 Å². The van der Waals surface area contributed by atoms with Crippen LogP contribution in [0.5, 0.6) is 0 Å². The Kier molecular flexibility index (Phi) is 3.13. The molecule has 0 atom stereocenters. The first-order valence-corrected chi connectivity index (χ1v) is 5.10. The van der Waals surface area contributed by atoms with Gasteiger partial charge in [0, 0.05) is 19.4 Å². The highest BCUT2D eigenvalue weighted by atomic mass is 16.2. The lowest BCUT2D eigenvalue weighted by molar-refractivity contribution is -0.150. The lowest BCUT2D eigenvalue weighted by Crippen LogP contribution is -2.46. The largest absolute Gasteiger partial charge is 0.281 e. The molecule has 1 aliphatic rings. The second kappa shape index (κ2) is 4.01. The predicted octanol–water partition coefficient (Wildman–Crippen LogP) is 1.32. The standard InChI is InChI=1S/C11H16N2O2/c1-8-4-9(14)13(10(15)5-8)7-11(2,3)6-12/h8H,4-5,7H2,1-3H3. The van der Waals surface area contributed by atoms with E-state index in [4.69, 9.17) is 5.26 Å². The van der Waals surface area contributed by atoms with Gasteiger partial charge in [-0.15, -0.1) is 0 Å². The van der Waals surface area contributed by atoms with Crippen LogP contribution in [-0.4, -0.2) is 23.3 Å². The van der Waals surface area contributed by atoms with Crippen molar-refractivity contribution in [3.8, 4) is 6.07 Å². The van der Waals surface area contributed by atoms with E-state index >= 15 is 0 Å². The molecule has 0 N–H and O–H groups in total. The molecular weight excluding hydrogens is 192 g/mol. The van der Waals surface area contributed by atoms with E-state index in [1.165, 1.54) is 4.90 Å². The first-order chi connectivity index (χ1) is 6.85. The monoisotopic (exact) mass is 208 g/mol. The zero-order valence-corrected chi connectivity index (χ0v) is 9.41. The van der Waals surface area contributed by atoms with Crippen LogP contribution < -0.4 is 0 Å². The summed E-state index contributed by atoms with van der Waals surface area (Å²) in [5.41, 5.74) is -0.661. The number of piperidine rings is 1. The summed E-state index contributed by atoms with van der Waals surface area (Å²) >= 11 is 0. The summed E-state index contributed by atoms with van der Waals surface area (Å²) in [5, 5.41) is 8.85. The Morgan fingerprint density at radius 2 is 1.87 bits per heavy atom. The molecule has 0 aromatic rings. The molecule has 0 aliphatic carbocycles. The summed E-state index contributed by atoms with van der Waals surface area (Å²) in [6.45, 7) is 5.55. The zero-order chi connectivity index (χ0) is 11.6. The van der Waals surface area contributed by atoms with Gasteiger partial charge in [-0.05, 0) is 19.8 Å². The van der Waals surface area contributed by atoms with Crippen molar-refractivity contribution in [1.82, 2.24) is 4.90 Å². The molecule has 4 nitrogen and oxygen atoms in total. The van der Waals surface area contributed by atoms with Crippen LogP contribution in [0.1, 0.15) is 33.6 Å². The highest BCUT2D eigenvalue weighted by molar-refractivity contribution is 5.97. The van der Waals surface area contributed by atoms with Gasteiger partial charge in [0.1, 0.15) is 0 Å². The summed E-state index contributed by atoms with van der Waals surface area (Å²) in [6.07, 6.45) is 0.820. The fourth-order valence-electron chi connectivity index (χ4n) is 1.63. The summed E-state index contributed by atoms with van der Waals surface area (Å²) < 4.78 is 0. The van der Waals surface area contributed by atoms with Crippen LogP contribution in [0.4, 0.5) is 0 Å². The van der Waals surface area contributed by atoms with Crippen molar-refractivity contribution >= 4 is 11.8 Å². The Bertz CT molecular complexity index is 310. The SMILES string of the molecule is CC1CC(=O)N(CC(C)(C)C#N)C(=O)C1. The van der Waals surface area contributed by atoms with E-state index in [9.17, 15) is 9.59 Å². The Labute approximate surface area is 89.9 Å². The number of rotatable bonds is 2. The van der Waals surface area contributed by atoms with Gasteiger partial charge in [0.25, 0.3) is 0 Å². The van der Waals surface area contributed by atoms with Crippen molar-refractivity contribution in [2.24, 2.45) is 11.3 Å². The van der Waals surface area contributed by atoms with E-state index in [1.807, 2.05) is 6.92 Å². The summed E-state index contributed by atoms with van der Waals surface area (Å²) in [7, 11) is 0. The van der Waals surface area contributed by atoms with E-state index in [2.05, 4.69) is 6.07 Å². The number of nitrogens with zero attached hydrogens (tertiary/aromatic N) is 2. The van der Waals surface area contributed by atoms with Crippen LogP contribution in [0.25, 0.3) is 0 Å². The van der Waals surface area contributed by atoms with Gasteiger partial charge >= 0.3 is 0 Å². The van der Waals surface area contributed by atoms with E-state index in [0.717, 1.165) is 0 Å². The molecule has 0 aromatic carbocycles. The van der Waals surface area contributed by atoms with Crippen molar-refractivity contribution < 1.29 is 9.59 Å². The van der Waals surface area contributed by atoms with Crippen molar-refractivity contribution in [2.45, 2.75) is 33.6 Å². The van der Waals surface area contributed by atoms with Gasteiger partial charge in [-0.2, -0.15) is 5.26 Å². The molecule has 1 saturated heterocycles.